The molecule has 1 unspecified atom stereocenters. The van der Waals surface area contributed by atoms with Crippen molar-refractivity contribution in [2.75, 3.05) is 40.1 Å². The highest BCUT2D eigenvalue weighted by Crippen LogP contribution is 2.16. The number of hydrogen-bond acceptors (Lipinski definition) is 6. The van der Waals surface area contributed by atoms with Crippen molar-refractivity contribution in [1.82, 2.24) is 15.5 Å². The van der Waals surface area contributed by atoms with Crippen LogP contribution >= 0.6 is 0 Å². The second-order valence-corrected chi connectivity index (χ2v) is 6.78. The lowest BCUT2D eigenvalue weighted by molar-refractivity contribution is -0.116. The molecule has 0 radical (unpaired) electrons. The molecule has 154 valence electrons. The van der Waals surface area contributed by atoms with Crippen LogP contribution in [0.1, 0.15) is 26.2 Å². The average Bonchev–Trinajstić information content (AvgIpc) is 2.71. The van der Waals surface area contributed by atoms with Crippen molar-refractivity contribution in [3.63, 3.8) is 0 Å². The number of hydrogen-bond donors (Lipinski definition) is 3. The molecule has 3 N–H and O–H groups in total. The van der Waals surface area contributed by atoms with Gasteiger partial charge in [0.2, 0.25) is 5.91 Å². The minimum Gasteiger partial charge on any atom is -0.494 e. The van der Waals surface area contributed by atoms with Crippen molar-refractivity contribution in [2.24, 2.45) is 5.92 Å². The average molecular weight is 389 g/mol. The van der Waals surface area contributed by atoms with E-state index in [0.29, 0.717) is 32.7 Å². The van der Waals surface area contributed by atoms with Gasteiger partial charge in [-0.3, -0.25) is 9.69 Å². The lowest BCUT2D eigenvalue weighted by atomic mass is 10.0. The Balaban J connectivity index is 1.79. The highest BCUT2D eigenvalue weighted by Gasteiger charge is 2.12. The first-order valence-corrected chi connectivity index (χ1v) is 9.72. The summed E-state index contributed by atoms with van der Waals surface area (Å²) in [6.07, 6.45) is 8.72. The standard InChI is InChI=1S/C21H31N3O4/c1-3-24(2)21(26)15-28-19-7-5-4-6-17(8-10-19)9-11-20(25)23-13-18-12-22-16-27-14-18/h9-12,17,21-22,26H,3,5,7-8,13-16H2,1-2H3,(H,23,25)/b11-9+,19-10+/t17-,21?/m0/s1. The van der Waals surface area contributed by atoms with Gasteiger partial charge in [-0.15, -0.1) is 5.92 Å². The third-order valence-corrected chi connectivity index (χ3v) is 4.56. The van der Waals surface area contributed by atoms with E-state index >= 15 is 0 Å². The Kier molecular flexibility index (Phi) is 9.63. The molecule has 0 aromatic heterocycles. The largest absolute Gasteiger partial charge is 0.494 e. The molecule has 2 rings (SSSR count). The number of ether oxygens (including phenoxy) is 2. The van der Waals surface area contributed by atoms with Gasteiger partial charge in [-0.2, -0.15) is 0 Å². The van der Waals surface area contributed by atoms with Gasteiger partial charge in [0.15, 0.2) is 0 Å². The van der Waals surface area contributed by atoms with E-state index in [1.54, 1.807) is 0 Å². The van der Waals surface area contributed by atoms with Crippen LogP contribution in [-0.4, -0.2) is 62.2 Å². The summed E-state index contributed by atoms with van der Waals surface area (Å²) in [5, 5.41) is 15.8. The van der Waals surface area contributed by atoms with Crippen molar-refractivity contribution in [3.05, 3.63) is 35.8 Å². The summed E-state index contributed by atoms with van der Waals surface area (Å²) in [6, 6.07) is 0. The predicted molar refractivity (Wildman–Crippen MR) is 108 cm³/mol. The normalized spacial score (nSPS) is 22.6. The van der Waals surface area contributed by atoms with Gasteiger partial charge in [-0.05, 0) is 31.7 Å². The van der Waals surface area contributed by atoms with Crippen LogP contribution in [0.25, 0.3) is 0 Å². The fraction of sp³-hybridized carbons (Fsp3) is 0.571. The van der Waals surface area contributed by atoms with E-state index in [-0.39, 0.29) is 18.4 Å². The Morgan fingerprint density at radius 3 is 3.21 bits per heavy atom. The molecule has 1 aliphatic carbocycles. The molecule has 0 bridgehead atoms. The fourth-order valence-corrected chi connectivity index (χ4v) is 2.62. The van der Waals surface area contributed by atoms with Gasteiger partial charge in [-0.25, -0.2) is 0 Å². The molecule has 0 fully saturated rings. The van der Waals surface area contributed by atoms with E-state index < -0.39 is 6.23 Å². The van der Waals surface area contributed by atoms with Crippen molar-refractivity contribution >= 4 is 5.91 Å². The number of carbonyl (C=O) groups excluding carboxylic acids is 1. The van der Waals surface area contributed by atoms with Crippen LogP contribution in [0.15, 0.2) is 35.8 Å². The van der Waals surface area contributed by atoms with Crippen LogP contribution in [0.2, 0.25) is 0 Å². The Morgan fingerprint density at radius 2 is 2.46 bits per heavy atom. The Hall–Kier alpha value is -2.27. The topological polar surface area (TPSA) is 83.1 Å². The number of aliphatic hydroxyl groups excluding tert-OH is 1. The molecule has 1 heterocycles. The Morgan fingerprint density at radius 1 is 1.61 bits per heavy atom. The molecule has 7 nitrogen and oxygen atoms in total. The van der Waals surface area contributed by atoms with Gasteiger partial charge < -0.3 is 25.2 Å². The number of aliphatic hydroxyl groups is 1. The summed E-state index contributed by atoms with van der Waals surface area (Å²) in [4.78, 5) is 13.8. The lowest BCUT2D eigenvalue weighted by Crippen LogP contribution is -2.35. The van der Waals surface area contributed by atoms with Crippen molar-refractivity contribution in [2.45, 2.75) is 32.4 Å². The molecule has 0 aromatic rings. The molecule has 0 aromatic carbocycles. The maximum Gasteiger partial charge on any atom is 0.243 e. The van der Waals surface area contributed by atoms with E-state index in [2.05, 4.69) is 22.5 Å². The van der Waals surface area contributed by atoms with Crippen LogP contribution < -0.4 is 10.6 Å². The minimum atomic E-state index is -0.623. The number of carbonyl (C=O) groups is 1. The molecule has 0 saturated carbocycles. The lowest BCUT2D eigenvalue weighted by Gasteiger charge is -2.22. The SMILES string of the molecule is CCN(C)C(O)CO/C1=C/C[C@@H](/C=C/C(=O)NCC2=CNCOC2)C#CCC1. The van der Waals surface area contributed by atoms with Crippen LogP contribution in [0.5, 0.6) is 0 Å². The summed E-state index contributed by atoms with van der Waals surface area (Å²) < 4.78 is 11.0. The Labute approximate surface area is 167 Å². The van der Waals surface area contributed by atoms with Crippen LogP contribution in [0.4, 0.5) is 0 Å². The van der Waals surface area contributed by atoms with Gasteiger partial charge in [0, 0.05) is 37.6 Å². The van der Waals surface area contributed by atoms with Gasteiger partial charge in [0.25, 0.3) is 0 Å². The number of rotatable bonds is 9. The third-order valence-electron chi connectivity index (χ3n) is 4.56. The first-order valence-electron chi connectivity index (χ1n) is 9.72. The molecule has 2 atom stereocenters. The molecule has 2 aliphatic rings. The highest BCUT2D eigenvalue weighted by atomic mass is 16.5. The Bertz CT molecular complexity index is 660. The highest BCUT2D eigenvalue weighted by molar-refractivity contribution is 5.87. The number of nitrogens with one attached hydrogen (secondary N) is 2. The van der Waals surface area contributed by atoms with E-state index in [9.17, 15) is 9.90 Å². The fourth-order valence-electron chi connectivity index (χ4n) is 2.62. The molecule has 0 spiro atoms. The zero-order valence-electron chi connectivity index (χ0n) is 16.7. The van der Waals surface area contributed by atoms with Crippen molar-refractivity contribution < 1.29 is 19.4 Å². The summed E-state index contributed by atoms with van der Waals surface area (Å²) in [6.45, 7) is 4.47. The number of allylic oxidation sites excluding steroid dienone is 3. The van der Waals surface area contributed by atoms with Crippen molar-refractivity contribution in [3.8, 4) is 11.8 Å². The van der Waals surface area contributed by atoms with Gasteiger partial charge in [0.1, 0.15) is 19.6 Å². The summed E-state index contributed by atoms with van der Waals surface area (Å²) in [5.41, 5.74) is 0.999. The summed E-state index contributed by atoms with van der Waals surface area (Å²) in [7, 11) is 1.85. The number of nitrogens with zero attached hydrogens (tertiary/aromatic N) is 1. The number of likely N-dealkylation sites (N-methyl/N-ethyl adjacent to an activating group) is 1. The van der Waals surface area contributed by atoms with E-state index in [0.717, 1.165) is 24.3 Å². The first-order chi connectivity index (χ1) is 13.6. The van der Waals surface area contributed by atoms with E-state index in [4.69, 9.17) is 9.47 Å². The molecular weight excluding hydrogens is 358 g/mol. The molecule has 7 heteroatoms. The quantitative estimate of drug-likeness (QED) is 0.311. The third kappa shape index (κ3) is 8.17. The molecule has 0 saturated heterocycles. The minimum absolute atomic E-state index is 0.0354. The second-order valence-electron chi connectivity index (χ2n) is 6.78. The van der Waals surface area contributed by atoms with Gasteiger partial charge in [-0.1, -0.05) is 18.9 Å². The van der Waals surface area contributed by atoms with Crippen LogP contribution in [-0.2, 0) is 14.3 Å². The van der Waals surface area contributed by atoms with Gasteiger partial charge >= 0.3 is 0 Å². The summed E-state index contributed by atoms with van der Waals surface area (Å²) in [5.74, 6) is 6.97. The zero-order valence-corrected chi connectivity index (χ0v) is 16.7. The smallest absolute Gasteiger partial charge is 0.243 e. The molecular formula is C21H31N3O4. The zero-order chi connectivity index (χ0) is 20.2. The number of amides is 1. The first kappa shape index (κ1) is 22.0. The van der Waals surface area contributed by atoms with Crippen LogP contribution in [0, 0.1) is 17.8 Å². The molecule has 28 heavy (non-hydrogen) atoms. The van der Waals surface area contributed by atoms with E-state index in [1.807, 2.05) is 37.2 Å². The predicted octanol–water partition coefficient (Wildman–Crippen LogP) is 1.09. The van der Waals surface area contributed by atoms with Crippen molar-refractivity contribution in [1.29, 1.82) is 0 Å². The molecule has 1 amide bonds. The summed E-state index contributed by atoms with van der Waals surface area (Å²) >= 11 is 0. The second kappa shape index (κ2) is 12.2. The monoisotopic (exact) mass is 389 g/mol. The molecule has 1 aliphatic heterocycles. The maximum atomic E-state index is 12.0. The van der Waals surface area contributed by atoms with Crippen LogP contribution in [0.3, 0.4) is 0 Å². The maximum absolute atomic E-state index is 12.0. The van der Waals surface area contributed by atoms with Gasteiger partial charge in [0.05, 0.1) is 12.4 Å². The van der Waals surface area contributed by atoms with E-state index in [1.165, 1.54) is 6.08 Å².